The number of amides is 2. The lowest BCUT2D eigenvalue weighted by molar-refractivity contribution is -0.133. The Morgan fingerprint density at radius 2 is 1.86 bits per heavy atom. The molecule has 1 aromatic carbocycles. The highest BCUT2D eigenvalue weighted by Gasteiger charge is 2.34. The molecular weight excluding hydrogens is 376 g/mol. The highest BCUT2D eigenvalue weighted by atomic mass is 32.2. The van der Waals surface area contributed by atoms with Crippen molar-refractivity contribution in [1.82, 2.24) is 15.5 Å². The average Bonchev–Trinajstić information content (AvgIpc) is 2.72. The number of benzene rings is 1. The van der Waals surface area contributed by atoms with E-state index in [0.717, 1.165) is 18.8 Å². The average molecular weight is 405 g/mol. The van der Waals surface area contributed by atoms with E-state index in [1.54, 1.807) is 4.90 Å². The van der Waals surface area contributed by atoms with Gasteiger partial charge in [0.15, 0.2) is 0 Å². The number of piperazine rings is 1. The molecule has 0 spiro atoms. The number of hydrogen-bond donors (Lipinski definition) is 2. The van der Waals surface area contributed by atoms with Crippen molar-refractivity contribution in [1.29, 1.82) is 0 Å². The molecule has 1 unspecified atom stereocenters. The van der Waals surface area contributed by atoms with Crippen LogP contribution >= 0.6 is 11.8 Å². The first kappa shape index (κ1) is 20.7. The summed E-state index contributed by atoms with van der Waals surface area (Å²) in [4.78, 5) is 40.8. The summed E-state index contributed by atoms with van der Waals surface area (Å²) < 4.78 is 0. The number of para-hydroxylation sites is 1. The highest BCUT2D eigenvalue weighted by Crippen LogP contribution is 2.20. The predicted octanol–water partition coefficient (Wildman–Crippen LogP) is 0.708. The molecule has 28 heavy (non-hydrogen) atoms. The van der Waals surface area contributed by atoms with Gasteiger partial charge in [-0.2, -0.15) is 0 Å². The minimum atomic E-state index is -0.446. The van der Waals surface area contributed by atoms with Gasteiger partial charge in [0.2, 0.25) is 16.9 Å². The Balaban J connectivity index is 1.43. The zero-order chi connectivity index (χ0) is 20.1. The number of carbonyl (C=O) groups excluding carboxylic acids is 3. The lowest BCUT2D eigenvalue weighted by Gasteiger charge is -2.36. The first-order valence-corrected chi connectivity index (χ1v) is 10.7. The summed E-state index contributed by atoms with van der Waals surface area (Å²) in [6.07, 6.45) is 0. The molecule has 2 heterocycles. The number of nitrogens with one attached hydrogen (secondary N) is 2. The van der Waals surface area contributed by atoms with E-state index < -0.39 is 6.04 Å². The molecule has 2 amide bonds. The van der Waals surface area contributed by atoms with Gasteiger partial charge in [-0.15, -0.1) is 0 Å². The van der Waals surface area contributed by atoms with Crippen molar-refractivity contribution in [2.24, 2.45) is 5.92 Å². The maximum atomic E-state index is 12.5. The monoisotopic (exact) mass is 404 g/mol. The maximum absolute atomic E-state index is 12.5. The molecule has 0 radical (unpaired) electrons. The molecule has 152 valence electrons. The van der Waals surface area contributed by atoms with Crippen molar-refractivity contribution in [3.63, 3.8) is 0 Å². The normalized spacial score (nSPS) is 23.0. The zero-order valence-electron chi connectivity index (χ0n) is 16.4. The number of thioether (sulfide) groups is 1. The number of nitrogens with zero attached hydrogens (tertiary/aromatic N) is 2. The lowest BCUT2D eigenvalue weighted by atomic mass is 10.0. The molecule has 2 aliphatic heterocycles. The zero-order valence-corrected chi connectivity index (χ0v) is 17.2. The minimum Gasteiger partial charge on any atom is -0.368 e. The van der Waals surface area contributed by atoms with Crippen LogP contribution in [0.5, 0.6) is 0 Å². The van der Waals surface area contributed by atoms with Gasteiger partial charge in [0, 0.05) is 37.6 Å². The third kappa shape index (κ3) is 5.05. The topological polar surface area (TPSA) is 81.8 Å². The Bertz CT molecular complexity index is 705. The molecule has 2 saturated heterocycles. The molecule has 0 bridgehead atoms. The van der Waals surface area contributed by atoms with Crippen LogP contribution in [-0.2, 0) is 14.4 Å². The summed E-state index contributed by atoms with van der Waals surface area (Å²) >= 11 is 1.19. The van der Waals surface area contributed by atoms with E-state index in [-0.39, 0.29) is 35.4 Å². The fourth-order valence-corrected chi connectivity index (χ4v) is 4.55. The molecule has 0 aliphatic carbocycles. The van der Waals surface area contributed by atoms with Crippen molar-refractivity contribution in [3.05, 3.63) is 30.3 Å². The quantitative estimate of drug-likeness (QED) is 0.752. The maximum Gasteiger partial charge on any atom is 0.242 e. The molecule has 8 heteroatoms. The Hall–Kier alpha value is -2.06. The van der Waals surface area contributed by atoms with Gasteiger partial charge < -0.3 is 15.1 Å². The third-order valence-corrected chi connectivity index (χ3v) is 6.22. The molecule has 7 nitrogen and oxygen atoms in total. The number of carbonyl (C=O) groups is 3. The van der Waals surface area contributed by atoms with E-state index >= 15 is 0 Å². The van der Waals surface area contributed by atoms with Crippen molar-refractivity contribution in [2.45, 2.75) is 25.9 Å². The molecule has 0 aromatic heterocycles. The van der Waals surface area contributed by atoms with Crippen LogP contribution in [0.3, 0.4) is 0 Å². The number of rotatable bonds is 5. The van der Waals surface area contributed by atoms with E-state index in [0.29, 0.717) is 18.8 Å². The van der Waals surface area contributed by atoms with Gasteiger partial charge in [-0.25, -0.2) is 0 Å². The second kappa shape index (κ2) is 9.43. The van der Waals surface area contributed by atoms with Crippen molar-refractivity contribution < 1.29 is 14.4 Å². The van der Waals surface area contributed by atoms with Crippen LogP contribution in [0.4, 0.5) is 5.69 Å². The van der Waals surface area contributed by atoms with Gasteiger partial charge in [-0.05, 0) is 18.1 Å². The van der Waals surface area contributed by atoms with Crippen molar-refractivity contribution >= 4 is 34.4 Å². The summed E-state index contributed by atoms with van der Waals surface area (Å²) in [6.45, 7) is 6.75. The summed E-state index contributed by atoms with van der Waals surface area (Å²) in [7, 11) is 0. The summed E-state index contributed by atoms with van der Waals surface area (Å²) in [5, 5.41) is 5.93. The third-order valence-electron chi connectivity index (χ3n) is 5.18. The van der Waals surface area contributed by atoms with E-state index in [1.807, 2.05) is 32.0 Å². The predicted molar refractivity (Wildman–Crippen MR) is 111 cm³/mol. The molecule has 2 N–H and O–H groups in total. The minimum absolute atomic E-state index is 0.00664. The van der Waals surface area contributed by atoms with Gasteiger partial charge in [0.05, 0.1) is 18.6 Å². The largest absolute Gasteiger partial charge is 0.368 e. The van der Waals surface area contributed by atoms with Gasteiger partial charge in [-0.3, -0.25) is 19.7 Å². The van der Waals surface area contributed by atoms with E-state index in [2.05, 4.69) is 27.7 Å². The molecular formula is C20H28N4O3S. The molecule has 0 saturated carbocycles. The lowest BCUT2D eigenvalue weighted by Crippen LogP contribution is -2.58. The summed E-state index contributed by atoms with van der Waals surface area (Å²) in [5.41, 5.74) is 1.16. The first-order chi connectivity index (χ1) is 13.5. The Morgan fingerprint density at radius 1 is 1.18 bits per heavy atom. The standard InChI is InChI=1S/C20H28N4O3S/c1-14(2)18-20(27)28-13-16(22-18)19(26)21-12-17(25)24-10-8-23(9-11-24)15-6-4-3-5-7-15/h3-7,14,16,18,22H,8-13H2,1-2H3,(H,21,26)/t16?,18-/m0/s1. The Kier molecular flexibility index (Phi) is 6.96. The smallest absolute Gasteiger partial charge is 0.242 e. The van der Waals surface area contributed by atoms with Crippen LogP contribution in [-0.4, -0.2) is 72.4 Å². The molecule has 2 atom stereocenters. The van der Waals surface area contributed by atoms with Crippen LogP contribution in [0.15, 0.2) is 30.3 Å². The van der Waals surface area contributed by atoms with Crippen LogP contribution in [0.25, 0.3) is 0 Å². The fraction of sp³-hybridized carbons (Fsp3) is 0.550. The summed E-state index contributed by atoms with van der Waals surface area (Å²) in [6, 6.07) is 9.39. The van der Waals surface area contributed by atoms with Crippen LogP contribution in [0.1, 0.15) is 13.8 Å². The van der Waals surface area contributed by atoms with Gasteiger partial charge >= 0.3 is 0 Å². The SMILES string of the molecule is CC(C)[C@@H]1NC(C(=O)NCC(=O)N2CCN(c3ccccc3)CC2)CSC1=O. The number of hydrogen-bond acceptors (Lipinski definition) is 6. The first-order valence-electron chi connectivity index (χ1n) is 9.74. The summed E-state index contributed by atoms with van der Waals surface area (Å²) in [5.74, 6) is 0.235. The second-order valence-electron chi connectivity index (χ2n) is 7.49. The Morgan fingerprint density at radius 3 is 2.50 bits per heavy atom. The van der Waals surface area contributed by atoms with Crippen molar-refractivity contribution in [3.8, 4) is 0 Å². The second-order valence-corrected chi connectivity index (χ2v) is 8.52. The van der Waals surface area contributed by atoms with E-state index in [4.69, 9.17) is 0 Å². The van der Waals surface area contributed by atoms with Gasteiger partial charge in [0.25, 0.3) is 0 Å². The van der Waals surface area contributed by atoms with E-state index in [9.17, 15) is 14.4 Å². The van der Waals surface area contributed by atoms with E-state index in [1.165, 1.54) is 11.8 Å². The van der Waals surface area contributed by atoms with Crippen molar-refractivity contribution in [2.75, 3.05) is 43.4 Å². The van der Waals surface area contributed by atoms with Gasteiger partial charge in [-0.1, -0.05) is 43.8 Å². The highest BCUT2D eigenvalue weighted by molar-refractivity contribution is 8.13. The van der Waals surface area contributed by atoms with Gasteiger partial charge in [0.1, 0.15) is 0 Å². The van der Waals surface area contributed by atoms with Crippen LogP contribution < -0.4 is 15.5 Å². The molecule has 2 fully saturated rings. The molecule has 1 aromatic rings. The molecule has 3 rings (SSSR count). The molecule has 2 aliphatic rings. The number of anilines is 1. The van der Waals surface area contributed by atoms with Crippen LogP contribution in [0.2, 0.25) is 0 Å². The fourth-order valence-electron chi connectivity index (χ4n) is 3.45. The van der Waals surface area contributed by atoms with Crippen LogP contribution in [0, 0.1) is 5.92 Å². The Labute approximate surface area is 170 Å².